The van der Waals surface area contributed by atoms with E-state index in [-0.39, 0.29) is 5.69 Å². The fourth-order valence-corrected chi connectivity index (χ4v) is 2.59. The number of hydrazone groups is 1. The Morgan fingerprint density at radius 1 is 1.12 bits per heavy atom. The fraction of sp³-hybridized carbons (Fsp3) is 0.158. The number of nitrogens with zero attached hydrogens (tertiary/aromatic N) is 2. The molecule has 1 aliphatic rings. The molecule has 0 aliphatic carbocycles. The smallest absolute Gasteiger partial charge is 0.435 e. The number of benzene rings is 2. The maximum absolute atomic E-state index is 13.4. The summed E-state index contributed by atoms with van der Waals surface area (Å²) in [5, 5.41) is 4.29. The number of carbonyl (C=O) groups is 1. The minimum Gasteiger partial charge on any atom is -0.496 e. The summed E-state index contributed by atoms with van der Waals surface area (Å²) in [6.45, 7) is 1.82. The molecule has 1 aliphatic heterocycles. The van der Waals surface area contributed by atoms with Gasteiger partial charge in [-0.1, -0.05) is 30.3 Å². The summed E-state index contributed by atoms with van der Waals surface area (Å²) >= 11 is 0. The fourth-order valence-electron chi connectivity index (χ4n) is 2.59. The van der Waals surface area contributed by atoms with Crippen LogP contribution in [0.1, 0.15) is 11.1 Å². The average molecular weight is 360 g/mol. The molecule has 0 saturated heterocycles. The molecule has 7 heteroatoms. The van der Waals surface area contributed by atoms with Gasteiger partial charge in [0.25, 0.3) is 5.91 Å². The van der Waals surface area contributed by atoms with E-state index >= 15 is 0 Å². The molecule has 0 atom stereocenters. The second-order valence-corrected chi connectivity index (χ2v) is 5.69. The van der Waals surface area contributed by atoms with Gasteiger partial charge in [-0.25, -0.2) is 0 Å². The Hall–Kier alpha value is -3.09. The highest BCUT2D eigenvalue weighted by Crippen LogP contribution is 2.33. The standard InChI is InChI=1S/C19H15F3N2O2/c1-12-8-9-13(11-16(12)26-2)10-15-17(19(20,21)22)23-24(18(15)25)14-6-4-3-5-7-14/h3-11H,1-2H3/b15-10-. The van der Waals surface area contributed by atoms with Crippen molar-refractivity contribution in [2.75, 3.05) is 12.1 Å². The lowest BCUT2D eigenvalue weighted by molar-refractivity contribution is -0.114. The van der Waals surface area contributed by atoms with Crippen molar-refractivity contribution < 1.29 is 22.7 Å². The van der Waals surface area contributed by atoms with Gasteiger partial charge in [0.05, 0.1) is 18.4 Å². The molecule has 0 radical (unpaired) electrons. The monoisotopic (exact) mass is 360 g/mol. The van der Waals surface area contributed by atoms with Crippen molar-refractivity contribution in [3.63, 3.8) is 0 Å². The van der Waals surface area contributed by atoms with Crippen LogP contribution in [0.5, 0.6) is 5.75 Å². The Labute approximate surface area is 148 Å². The Bertz CT molecular complexity index is 903. The van der Waals surface area contributed by atoms with E-state index in [1.165, 1.54) is 25.3 Å². The number of anilines is 1. The quantitative estimate of drug-likeness (QED) is 0.764. The molecule has 0 unspecified atom stereocenters. The van der Waals surface area contributed by atoms with E-state index in [0.717, 1.165) is 10.6 Å². The SMILES string of the molecule is COc1cc(/C=C2\C(=O)N(c3ccccc3)N=C2C(F)(F)F)ccc1C. The van der Waals surface area contributed by atoms with Gasteiger partial charge in [-0.2, -0.15) is 23.3 Å². The van der Waals surface area contributed by atoms with E-state index in [1.54, 1.807) is 36.4 Å². The van der Waals surface area contributed by atoms with Crippen molar-refractivity contribution in [3.8, 4) is 5.75 Å². The van der Waals surface area contributed by atoms with Gasteiger partial charge in [-0.15, -0.1) is 0 Å². The summed E-state index contributed by atoms with van der Waals surface area (Å²) in [6, 6.07) is 12.9. The van der Waals surface area contributed by atoms with Gasteiger partial charge in [0.1, 0.15) is 5.75 Å². The molecule has 0 bridgehead atoms. The second-order valence-electron chi connectivity index (χ2n) is 5.69. The number of aryl methyl sites for hydroxylation is 1. The third kappa shape index (κ3) is 3.33. The van der Waals surface area contributed by atoms with Crippen LogP contribution in [0.15, 0.2) is 59.2 Å². The first-order valence-corrected chi connectivity index (χ1v) is 7.73. The van der Waals surface area contributed by atoms with Gasteiger partial charge < -0.3 is 4.74 Å². The number of methoxy groups -OCH3 is 1. The predicted octanol–water partition coefficient (Wildman–Crippen LogP) is 4.35. The van der Waals surface area contributed by atoms with Crippen LogP contribution in [0.25, 0.3) is 6.08 Å². The molecule has 0 saturated carbocycles. The molecule has 1 heterocycles. The summed E-state index contributed by atoms with van der Waals surface area (Å²) in [5.74, 6) is -0.307. The first kappa shape index (κ1) is 17.7. The van der Waals surface area contributed by atoms with Crippen LogP contribution in [-0.2, 0) is 4.79 Å². The van der Waals surface area contributed by atoms with E-state index in [0.29, 0.717) is 11.3 Å². The Morgan fingerprint density at radius 2 is 1.81 bits per heavy atom. The zero-order chi connectivity index (χ0) is 18.9. The number of amides is 1. The van der Waals surface area contributed by atoms with Crippen molar-refractivity contribution in [3.05, 3.63) is 65.2 Å². The molecule has 0 aromatic heterocycles. The van der Waals surface area contributed by atoms with Crippen LogP contribution in [0.3, 0.4) is 0 Å². The first-order valence-electron chi connectivity index (χ1n) is 7.73. The summed E-state index contributed by atoms with van der Waals surface area (Å²) < 4.78 is 45.4. The van der Waals surface area contributed by atoms with Crippen molar-refractivity contribution in [2.45, 2.75) is 13.1 Å². The molecule has 2 aromatic carbocycles. The van der Waals surface area contributed by atoms with Crippen molar-refractivity contribution in [1.29, 1.82) is 0 Å². The molecule has 26 heavy (non-hydrogen) atoms. The van der Waals surface area contributed by atoms with E-state index in [9.17, 15) is 18.0 Å². The van der Waals surface area contributed by atoms with E-state index in [2.05, 4.69) is 5.10 Å². The zero-order valence-corrected chi connectivity index (χ0v) is 14.0. The van der Waals surface area contributed by atoms with Gasteiger partial charge in [0.15, 0.2) is 5.71 Å². The Kier molecular flexibility index (Phi) is 4.54. The number of halogens is 3. The van der Waals surface area contributed by atoms with Crippen LogP contribution >= 0.6 is 0 Å². The van der Waals surface area contributed by atoms with Crippen LogP contribution in [-0.4, -0.2) is 24.9 Å². The lowest BCUT2D eigenvalue weighted by Gasteiger charge is -2.11. The normalized spacial score (nSPS) is 16.2. The van der Waals surface area contributed by atoms with Gasteiger partial charge in [0.2, 0.25) is 0 Å². The number of rotatable bonds is 3. The summed E-state index contributed by atoms with van der Waals surface area (Å²) in [5.41, 5.74) is -0.201. The summed E-state index contributed by atoms with van der Waals surface area (Å²) in [4.78, 5) is 12.6. The number of para-hydroxylation sites is 1. The highest BCUT2D eigenvalue weighted by molar-refractivity contribution is 6.34. The molecule has 0 fully saturated rings. The molecule has 3 rings (SSSR count). The van der Waals surface area contributed by atoms with Gasteiger partial charge in [-0.05, 0) is 42.3 Å². The molecular weight excluding hydrogens is 345 g/mol. The topological polar surface area (TPSA) is 41.9 Å². The molecule has 0 spiro atoms. The Balaban J connectivity index is 2.08. The van der Waals surface area contributed by atoms with Crippen LogP contribution in [0.4, 0.5) is 18.9 Å². The number of hydrogen-bond donors (Lipinski definition) is 0. The summed E-state index contributed by atoms with van der Waals surface area (Å²) in [7, 11) is 1.47. The van der Waals surface area contributed by atoms with E-state index < -0.39 is 23.4 Å². The largest absolute Gasteiger partial charge is 0.496 e. The van der Waals surface area contributed by atoms with Crippen LogP contribution < -0.4 is 9.75 Å². The van der Waals surface area contributed by atoms with Crippen molar-refractivity contribution >= 4 is 23.4 Å². The van der Waals surface area contributed by atoms with E-state index in [4.69, 9.17) is 4.74 Å². The minimum absolute atomic E-state index is 0.268. The van der Waals surface area contributed by atoms with Gasteiger partial charge in [0, 0.05) is 0 Å². The number of ether oxygens (including phenoxy) is 1. The lowest BCUT2D eigenvalue weighted by atomic mass is 10.0. The third-order valence-corrected chi connectivity index (χ3v) is 3.89. The minimum atomic E-state index is -4.75. The number of alkyl halides is 3. The summed E-state index contributed by atoms with van der Waals surface area (Å²) in [6.07, 6.45) is -3.57. The van der Waals surface area contributed by atoms with Crippen LogP contribution in [0, 0.1) is 6.92 Å². The average Bonchev–Trinajstić information content (AvgIpc) is 2.94. The maximum Gasteiger partial charge on any atom is 0.435 e. The molecule has 134 valence electrons. The molecule has 4 nitrogen and oxygen atoms in total. The van der Waals surface area contributed by atoms with Crippen molar-refractivity contribution in [1.82, 2.24) is 0 Å². The van der Waals surface area contributed by atoms with Crippen molar-refractivity contribution in [2.24, 2.45) is 5.10 Å². The highest BCUT2D eigenvalue weighted by atomic mass is 19.4. The van der Waals surface area contributed by atoms with Gasteiger partial charge >= 0.3 is 6.18 Å². The number of carbonyl (C=O) groups excluding carboxylic acids is 1. The Morgan fingerprint density at radius 3 is 2.42 bits per heavy atom. The lowest BCUT2D eigenvalue weighted by Crippen LogP contribution is -2.25. The zero-order valence-electron chi connectivity index (χ0n) is 14.0. The maximum atomic E-state index is 13.4. The highest BCUT2D eigenvalue weighted by Gasteiger charge is 2.46. The van der Waals surface area contributed by atoms with Gasteiger partial charge in [-0.3, -0.25) is 4.79 Å². The molecular formula is C19H15F3N2O2. The van der Waals surface area contributed by atoms with Crippen LogP contribution in [0.2, 0.25) is 0 Å². The molecule has 1 amide bonds. The second kappa shape index (κ2) is 6.67. The third-order valence-electron chi connectivity index (χ3n) is 3.89. The van der Waals surface area contributed by atoms with E-state index in [1.807, 2.05) is 6.92 Å². The molecule has 0 N–H and O–H groups in total. The molecule has 2 aromatic rings. The predicted molar refractivity (Wildman–Crippen MR) is 93.1 cm³/mol. The number of hydrogen-bond acceptors (Lipinski definition) is 3. The first-order chi connectivity index (χ1) is 12.3.